The number of nitrogens with zero attached hydrogens (tertiary/aromatic N) is 5. The fourth-order valence-electron chi connectivity index (χ4n) is 2.32. The van der Waals surface area contributed by atoms with Crippen LogP contribution in [0.2, 0.25) is 0 Å². The van der Waals surface area contributed by atoms with Crippen LogP contribution >= 0.6 is 11.8 Å². The Kier molecular flexibility index (Phi) is 3.28. The predicted molar refractivity (Wildman–Crippen MR) is 79.9 cm³/mol. The first kappa shape index (κ1) is 12.6. The van der Waals surface area contributed by atoms with Gasteiger partial charge in [0.05, 0.1) is 17.0 Å². The molecule has 0 spiro atoms. The van der Waals surface area contributed by atoms with Crippen molar-refractivity contribution in [2.75, 3.05) is 19.3 Å². The lowest BCUT2D eigenvalue weighted by atomic mass is 10.1. The Morgan fingerprint density at radius 2 is 2.37 bits per heavy atom. The molecule has 3 aliphatic rings. The fourth-order valence-corrected chi connectivity index (χ4v) is 3.38. The number of nitrogens with two attached hydrogens (primary N) is 1. The molecule has 19 heavy (non-hydrogen) atoms. The van der Waals surface area contributed by atoms with Crippen LogP contribution in [-0.2, 0) is 0 Å². The van der Waals surface area contributed by atoms with Gasteiger partial charge in [0.1, 0.15) is 12.0 Å². The number of guanidine groups is 1. The second-order valence-electron chi connectivity index (χ2n) is 4.91. The molecule has 0 aliphatic carbocycles. The molecule has 0 aromatic rings. The SMILES string of the molecule is CC1CSC(CN(C)C2N=C(N)N=C3NN=CC32)=N1. The van der Waals surface area contributed by atoms with Crippen molar-refractivity contribution in [2.45, 2.75) is 19.1 Å². The first-order valence-electron chi connectivity index (χ1n) is 6.24. The number of rotatable bonds is 3. The largest absolute Gasteiger partial charge is 0.368 e. The van der Waals surface area contributed by atoms with Crippen molar-refractivity contribution in [3.05, 3.63) is 0 Å². The minimum Gasteiger partial charge on any atom is -0.368 e. The van der Waals surface area contributed by atoms with Gasteiger partial charge in [-0.1, -0.05) is 0 Å². The lowest BCUT2D eigenvalue weighted by molar-refractivity contribution is 0.267. The maximum Gasteiger partial charge on any atom is 0.218 e. The lowest BCUT2D eigenvalue weighted by Crippen LogP contribution is -2.46. The minimum absolute atomic E-state index is 0.0572. The van der Waals surface area contributed by atoms with Crippen LogP contribution in [0.25, 0.3) is 0 Å². The summed E-state index contributed by atoms with van der Waals surface area (Å²) < 4.78 is 0. The van der Waals surface area contributed by atoms with Crippen molar-refractivity contribution in [2.24, 2.45) is 31.7 Å². The van der Waals surface area contributed by atoms with Gasteiger partial charge in [0.2, 0.25) is 5.96 Å². The van der Waals surface area contributed by atoms with Crippen LogP contribution < -0.4 is 11.2 Å². The Balaban J connectivity index is 1.72. The summed E-state index contributed by atoms with van der Waals surface area (Å²) >= 11 is 1.82. The molecule has 3 N–H and O–H groups in total. The average Bonchev–Trinajstić information content (AvgIpc) is 2.96. The standard InChI is InChI=1S/C11H17N7S/c1-6-5-19-8(14-6)4-18(2)10-7-3-13-17-9(7)15-11(12)16-10/h3,6-7,10H,4-5H2,1-2H3,(H3,12,15,16,17). The summed E-state index contributed by atoms with van der Waals surface area (Å²) in [5.74, 6) is 2.20. The third kappa shape index (κ3) is 2.50. The molecule has 0 aromatic carbocycles. The Morgan fingerprint density at radius 1 is 1.53 bits per heavy atom. The van der Waals surface area contributed by atoms with E-state index in [1.807, 2.05) is 25.0 Å². The summed E-state index contributed by atoms with van der Waals surface area (Å²) in [5.41, 5.74) is 8.62. The number of hydrogen-bond donors (Lipinski definition) is 2. The van der Waals surface area contributed by atoms with Gasteiger partial charge >= 0.3 is 0 Å². The Morgan fingerprint density at radius 3 is 3.11 bits per heavy atom. The Bertz CT molecular complexity index is 495. The third-order valence-electron chi connectivity index (χ3n) is 3.24. The van der Waals surface area contributed by atoms with Gasteiger partial charge in [0.15, 0.2) is 0 Å². The molecule has 3 aliphatic heterocycles. The van der Waals surface area contributed by atoms with Crippen molar-refractivity contribution in [1.82, 2.24) is 10.3 Å². The van der Waals surface area contributed by atoms with E-state index >= 15 is 0 Å². The molecule has 0 aromatic heterocycles. The van der Waals surface area contributed by atoms with Gasteiger partial charge < -0.3 is 5.73 Å². The van der Waals surface area contributed by atoms with Gasteiger partial charge in [-0.05, 0) is 14.0 Å². The first-order valence-corrected chi connectivity index (χ1v) is 7.23. The van der Waals surface area contributed by atoms with Crippen LogP contribution in [0.4, 0.5) is 0 Å². The van der Waals surface area contributed by atoms with E-state index in [1.165, 1.54) is 0 Å². The maximum atomic E-state index is 5.75. The number of fused-ring (bicyclic) bond motifs is 1. The van der Waals surface area contributed by atoms with E-state index in [1.54, 1.807) is 0 Å². The van der Waals surface area contributed by atoms with Crippen molar-refractivity contribution in [1.29, 1.82) is 0 Å². The summed E-state index contributed by atoms with van der Waals surface area (Å²) in [6.07, 6.45) is 1.77. The predicted octanol–water partition coefficient (Wildman–Crippen LogP) is -0.290. The van der Waals surface area contributed by atoms with Crippen LogP contribution in [0, 0.1) is 5.92 Å². The summed E-state index contributed by atoms with van der Waals surface area (Å²) in [5, 5.41) is 5.20. The van der Waals surface area contributed by atoms with Crippen LogP contribution in [0.1, 0.15) is 6.92 Å². The van der Waals surface area contributed by atoms with Crippen LogP contribution in [0.3, 0.4) is 0 Å². The zero-order valence-electron chi connectivity index (χ0n) is 10.9. The molecule has 3 rings (SSSR count). The highest BCUT2D eigenvalue weighted by Crippen LogP contribution is 2.22. The lowest BCUT2D eigenvalue weighted by Gasteiger charge is -2.30. The smallest absolute Gasteiger partial charge is 0.218 e. The molecule has 3 heterocycles. The molecule has 0 radical (unpaired) electrons. The number of hydrogen-bond acceptors (Lipinski definition) is 8. The molecular weight excluding hydrogens is 262 g/mol. The van der Waals surface area contributed by atoms with E-state index < -0.39 is 0 Å². The first-order chi connectivity index (χ1) is 9.13. The molecule has 0 bridgehead atoms. The van der Waals surface area contributed by atoms with Gasteiger partial charge in [-0.3, -0.25) is 15.3 Å². The minimum atomic E-state index is -0.0644. The van der Waals surface area contributed by atoms with Gasteiger partial charge in [-0.25, -0.2) is 4.99 Å². The summed E-state index contributed by atoms with van der Waals surface area (Å²) in [7, 11) is 2.03. The monoisotopic (exact) mass is 279 g/mol. The highest BCUT2D eigenvalue weighted by molar-refractivity contribution is 8.14. The highest BCUT2D eigenvalue weighted by atomic mass is 32.2. The van der Waals surface area contributed by atoms with E-state index in [4.69, 9.17) is 5.73 Å². The van der Waals surface area contributed by atoms with Crippen molar-refractivity contribution < 1.29 is 0 Å². The maximum absolute atomic E-state index is 5.75. The molecule has 3 unspecified atom stereocenters. The van der Waals surface area contributed by atoms with Crippen molar-refractivity contribution in [3.8, 4) is 0 Å². The second-order valence-corrected chi connectivity index (χ2v) is 6.00. The van der Waals surface area contributed by atoms with Crippen molar-refractivity contribution >= 4 is 34.8 Å². The molecule has 3 atom stereocenters. The molecular formula is C11H17N7S. The molecule has 0 fully saturated rings. The number of amidine groups is 1. The molecule has 0 amide bonds. The Labute approximate surface area is 116 Å². The number of nitrogens with one attached hydrogen (secondary N) is 1. The molecule has 0 saturated carbocycles. The van der Waals surface area contributed by atoms with E-state index in [9.17, 15) is 0 Å². The van der Waals surface area contributed by atoms with E-state index in [-0.39, 0.29) is 12.1 Å². The zero-order valence-corrected chi connectivity index (χ0v) is 11.8. The number of aliphatic imine (C=N–C) groups is 3. The van der Waals surface area contributed by atoms with E-state index in [0.717, 1.165) is 23.2 Å². The van der Waals surface area contributed by atoms with Gasteiger partial charge in [0, 0.05) is 18.5 Å². The third-order valence-corrected chi connectivity index (χ3v) is 4.46. The highest BCUT2D eigenvalue weighted by Gasteiger charge is 2.35. The number of thioether (sulfide) groups is 1. The van der Waals surface area contributed by atoms with Gasteiger partial charge in [0.25, 0.3) is 0 Å². The average molecular weight is 279 g/mol. The van der Waals surface area contributed by atoms with Crippen LogP contribution in [-0.4, -0.2) is 59.5 Å². The topological polar surface area (TPSA) is 90.7 Å². The van der Waals surface area contributed by atoms with Crippen LogP contribution in [0.15, 0.2) is 20.1 Å². The Hall–Kier alpha value is -1.41. The summed E-state index contributed by atoms with van der Waals surface area (Å²) in [4.78, 5) is 15.3. The zero-order chi connectivity index (χ0) is 13.4. The van der Waals surface area contributed by atoms with Crippen LogP contribution in [0.5, 0.6) is 0 Å². The summed E-state index contributed by atoms with van der Waals surface area (Å²) in [6, 6.07) is 0.417. The van der Waals surface area contributed by atoms with Gasteiger partial charge in [-0.15, -0.1) is 11.8 Å². The molecule has 0 saturated heterocycles. The summed E-state index contributed by atoms with van der Waals surface area (Å²) in [6.45, 7) is 2.92. The quantitative estimate of drug-likeness (QED) is 0.743. The molecule has 7 nitrogen and oxygen atoms in total. The van der Waals surface area contributed by atoms with Crippen molar-refractivity contribution in [3.63, 3.8) is 0 Å². The normalized spacial score (nSPS) is 32.8. The van der Waals surface area contributed by atoms with Gasteiger partial charge in [-0.2, -0.15) is 10.1 Å². The number of hydrazone groups is 1. The molecule has 8 heteroatoms. The second kappa shape index (κ2) is 4.93. The molecule has 102 valence electrons. The van der Waals surface area contributed by atoms with E-state index in [2.05, 4.69) is 37.3 Å². The fraction of sp³-hybridized carbons (Fsp3) is 0.636. The van der Waals surface area contributed by atoms with E-state index in [0.29, 0.717) is 12.0 Å².